The van der Waals surface area contributed by atoms with Crippen LogP contribution in [0.15, 0.2) is 48.5 Å². The topological polar surface area (TPSA) is 80.9 Å². The lowest BCUT2D eigenvalue weighted by atomic mass is 9.91. The lowest BCUT2D eigenvalue weighted by Crippen LogP contribution is -1.98. The molecular formula is C28H18Cl4O4. The Morgan fingerprint density at radius 3 is 2.08 bits per heavy atom. The maximum atomic E-state index is 11.0. The molecule has 36 heavy (non-hydrogen) atoms. The Labute approximate surface area is 227 Å². The molecule has 0 saturated carbocycles. The first-order chi connectivity index (χ1) is 17.2. The molecule has 4 nitrogen and oxygen atoms in total. The van der Waals surface area contributed by atoms with Gasteiger partial charge >= 0.3 is 0 Å². The fraction of sp³-hybridized carbons (Fsp3) is 0.0714. The van der Waals surface area contributed by atoms with Crippen molar-refractivity contribution >= 4 is 58.6 Å². The van der Waals surface area contributed by atoms with Gasteiger partial charge in [-0.1, -0.05) is 70.7 Å². The number of rotatable bonds is 0. The average molecular weight is 560 g/mol. The van der Waals surface area contributed by atoms with E-state index in [0.29, 0.717) is 46.2 Å². The minimum Gasteiger partial charge on any atom is -0.507 e. The molecule has 0 fully saturated rings. The number of hydrogen-bond acceptors (Lipinski definition) is 4. The summed E-state index contributed by atoms with van der Waals surface area (Å²) in [7, 11) is 0. The van der Waals surface area contributed by atoms with Gasteiger partial charge in [-0.3, -0.25) is 0 Å². The summed E-state index contributed by atoms with van der Waals surface area (Å²) >= 11 is 25.7. The SMILES string of the molecule is Oc1ccc2cc1-c1cc(cc(Cl)c1O)CCc1c(cc(Cl)c(O)c1Cl)-c1ccc(c(Cl)c1O)/C=C/2. The molecule has 2 aliphatic rings. The Morgan fingerprint density at radius 2 is 1.31 bits per heavy atom. The smallest absolute Gasteiger partial charge is 0.153 e. The largest absolute Gasteiger partial charge is 0.507 e. The highest BCUT2D eigenvalue weighted by Gasteiger charge is 2.22. The number of fused-ring (bicyclic) bond motifs is 3. The molecule has 8 heteroatoms. The second-order valence-corrected chi connectivity index (χ2v) is 10.1. The van der Waals surface area contributed by atoms with Crippen LogP contribution in [-0.4, -0.2) is 20.4 Å². The minimum absolute atomic E-state index is 0.0234. The van der Waals surface area contributed by atoms with E-state index in [4.69, 9.17) is 46.4 Å². The summed E-state index contributed by atoms with van der Waals surface area (Å²) in [6.45, 7) is 0. The molecule has 0 aromatic heterocycles. The quantitative estimate of drug-likeness (QED) is 0.173. The summed E-state index contributed by atoms with van der Waals surface area (Å²) in [6.07, 6.45) is 4.25. The fourth-order valence-corrected chi connectivity index (χ4v) is 5.41. The summed E-state index contributed by atoms with van der Waals surface area (Å²) in [6, 6.07) is 13.4. The number of phenols is 4. The molecule has 0 unspecified atom stereocenters. The standard InChI is InChI=1S/C28H18Cl4O4/c29-21-11-14-2-6-16-18(12-22(30)28(36)25(16)32)17-7-5-15(24(31)27(17)35)4-1-13-3-8-23(33)19(9-13)20(10-14)26(21)34/h1,3-5,7-12,33-36H,2,6H2/b4-1+. The average Bonchev–Trinajstić information content (AvgIpc) is 2.85. The van der Waals surface area contributed by atoms with Gasteiger partial charge in [0.15, 0.2) is 5.75 Å². The van der Waals surface area contributed by atoms with Gasteiger partial charge in [0.1, 0.15) is 17.2 Å². The van der Waals surface area contributed by atoms with E-state index < -0.39 is 0 Å². The van der Waals surface area contributed by atoms with Crippen LogP contribution in [0.5, 0.6) is 23.0 Å². The molecular weight excluding hydrogens is 542 g/mol. The van der Waals surface area contributed by atoms with Crippen molar-refractivity contribution in [3.8, 4) is 45.3 Å². The van der Waals surface area contributed by atoms with Crippen molar-refractivity contribution in [2.24, 2.45) is 0 Å². The van der Waals surface area contributed by atoms with Crippen LogP contribution in [0.3, 0.4) is 0 Å². The van der Waals surface area contributed by atoms with Crippen LogP contribution in [0, 0.1) is 0 Å². The number of aryl methyl sites for hydroxylation is 1. The van der Waals surface area contributed by atoms with E-state index in [9.17, 15) is 20.4 Å². The van der Waals surface area contributed by atoms with Gasteiger partial charge in [-0.2, -0.15) is 0 Å². The first-order valence-electron chi connectivity index (χ1n) is 10.9. The van der Waals surface area contributed by atoms with Gasteiger partial charge in [-0.25, -0.2) is 0 Å². The summed E-state index contributed by atoms with van der Waals surface area (Å²) in [5.74, 6) is -0.581. The van der Waals surface area contributed by atoms with Crippen molar-refractivity contribution in [2.75, 3.05) is 0 Å². The molecule has 0 saturated heterocycles. The molecule has 0 radical (unpaired) electrons. The Bertz CT molecular complexity index is 1580. The van der Waals surface area contributed by atoms with Gasteiger partial charge < -0.3 is 20.4 Å². The first kappa shape index (κ1) is 24.7. The molecule has 4 aromatic carbocycles. The van der Waals surface area contributed by atoms with E-state index in [2.05, 4.69) is 0 Å². The second kappa shape index (κ2) is 9.45. The van der Waals surface area contributed by atoms with Crippen molar-refractivity contribution in [3.05, 3.63) is 90.9 Å². The van der Waals surface area contributed by atoms with Gasteiger partial charge in [-0.15, -0.1) is 0 Å². The summed E-state index contributed by atoms with van der Waals surface area (Å²) in [5.41, 5.74) is 4.32. The van der Waals surface area contributed by atoms with Gasteiger partial charge in [0.25, 0.3) is 0 Å². The zero-order chi connectivity index (χ0) is 25.7. The third-order valence-corrected chi connectivity index (χ3v) is 7.67. The number of benzene rings is 4. The van der Waals surface area contributed by atoms with E-state index >= 15 is 0 Å². The van der Waals surface area contributed by atoms with Crippen LogP contribution >= 0.6 is 46.4 Å². The van der Waals surface area contributed by atoms with E-state index in [-0.39, 0.29) is 43.1 Å². The zero-order valence-electron chi connectivity index (χ0n) is 18.5. The normalized spacial score (nSPS) is 13.4. The molecule has 6 bridgehead atoms. The number of aromatic hydroxyl groups is 4. The van der Waals surface area contributed by atoms with Crippen molar-refractivity contribution in [2.45, 2.75) is 12.8 Å². The van der Waals surface area contributed by atoms with E-state index in [0.717, 1.165) is 11.1 Å². The van der Waals surface area contributed by atoms with Crippen molar-refractivity contribution < 1.29 is 20.4 Å². The van der Waals surface area contributed by atoms with Crippen LogP contribution in [0.1, 0.15) is 22.3 Å². The highest BCUT2D eigenvalue weighted by atomic mass is 35.5. The van der Waals surface area contributed by atoms with Crippen LogP contribution in [-0.2, 0) is 12.8 Å². The van der Waals surface area contributed by atoms with Crippen LogP contribution in [0.25, 0.3) is 34.4 Å². The first-order valence-corrected chi connectivity index (χ1v) is 12.4. The fourth-order valence-electron chi connectivity index (χ4n) is 4.39. The van der Waals surface area contributed by atoms with Crippen LogP contribution in [0.2, 0.25) is 20.1 Å². The number of halogens is 4. The number of hydrogen-bond donors (Lipinski definition) is 4. The summed E-state index contributed by atoms with van der Waals surface area (Å²) < 4.78 is 0. The van der Waals surface area contributed by atoms with Crippen molar-refractivity contribution in [1.82, 2.24) is 0 Å². The van der Waals surface area contributed by atoms with Crippen molar-refractivity contribution in [3.63, 3.8) is 0 Å². The van der Waals surface area contributed by atoms with E-state index in [1.165, 1.54) is 6.07 Å². The van der Waals surface area contributed by atoms with Gasteiger partial charge in [0, 0.05) is 16.7 Å². The molecule has 0 heterocycles. The summed E-state index contributed by atoms with van der Waals surface area (Å²) in [4.78, 5) is 0. The zero-order valence-corrected chi connectivity index (χ0v) is 21.5. The van der Waals surface area contributed by atoms with Crippen LogP contribution in [0.4, 0.5) is 0 Å². The molecule has 182 valence electrons. The molecule has 0 spiro atoms. The molecule has 0 amide bonds. The van der Waals surface area contributed by atoms with E-state index in [1.807, 2.05) is 0 Å². The lowest BCUT2D eigenvalue weighted by Gasteiger charge is -2.18. The Kier molecular flexibility index (Phi) is 6.48. The Morgan fingerprint density at radius 1 is 0.556 bits per heavy atom. The molecule has 4 N–H and O–H groups in total. The molecule has 2 aliphatic carbocycles. The van der Waals surface area contributed by atoms with Crippen molar-refractivity contribution in [1.29, 1.82) is 0 Å². The maximum Gasteiger partial charge on any atom is 0.153 e. The third kappa shape index (κ3) is 4.25. The predicted octanol–water partition coefficient (Wildman–Crippen LogP) is 8.73. The second-order valence-electron chi connectivity index (χ2n) is 8.50. The lowest BCUT2D eigenvalue weighted by molar-refractivity contribution is 0.469. The van der Waals surface area contributed by atoms with Gasteiger partial charge in [0.2, 0.25) is 0 Å². The Balaban J connectivity index is 1.81. The van der Waals surface area contributed by atoms with E-state index in [1.54, 1.807) is 54.6 Å². The van der Waals surface area contributed by atoms with Gasteiger partial charge in [0.05, 0.1) is 20.1 Å². The number of phenolic OH excluding ortho intramolecular Hbond substituents is 4. The summed E-state index contributed by atoms with van der Waals surface area (Å²) in [5, 5.41) is 43.1. The third-order valence-electron chi connectivity index (χ3n) is 6.28. The molecule has 0 atom stereocenters. The minimum atomic E-state index is -0.261. The molecule has 4 aromatic rings. The molecule has 0 aliphatic heterocycles. The highest BCUT2D eigenvalue weighted by Crippen LogP contribution is 2.47. The monoisotopic (exact) mass is 558 g/mol. The maximum absolute atomic E-state index is 11.0. The van der Waals surface area contributed by atoms with Crippen LogP contribution < -0.4 is 0 Å². The highest BCUT2D eigenvalue weighted by molar-refractivity contribution is 6.38. The predicted molar refractivity (Wildman–Crippen MR) is 147 cm³/mol. The molecule has 6 rings (SSSR count). The Hall–Kier alpha value is -3.02. The van der Waals surface area contributed by atoms with Gasteiger partial charge in [-0.05, 0) is 77.1 Å².